The Bertz CT molecular complexity index is 788. The maximum absolute atomic E-state index is 13.6. The predicted octanol–water partition coefficient (Wildman–Crippen LogP) is 3.29. The fourth-order valence-electron chi connectivity index (χ4n) is 2.35. The van der Waals surface area contributed by atoms with Crippen LogP contribution in [0.4, 0.5) is 4.39 Å². The Morgan fingerprint density at radius 3 is 2.79 bits per heavy atom. The molecule has 24 heavy (non-hydrogen) atoms. The summed E-state index contributed by atoms with van der Waals surface area (Å²) in [7, 11) is 0. The predicted molar refractivity (Wildman–Crippen MR) is 82.3 cm³/mol. The Labute approximate surface area is 141 Å². The summed E-state index contributed by atoms with van der Waals surface area (Å²) in [5, 5.41) is 15.3. The molecule has 0 saturated heterocycles. The molecule has 1 aromatic carbocycles. The van der Waals surface area contributed by atoms with E-state index in [1.54, 1.807) is 6.07 Å². The monoisotopic (exact) mass is 352 g/mol. The van der Waals surface area contributed by atoms with Crippen molar-refractivity contribution < 1.29 is 23.6 Å². The van der Waals surface area contributed by atoms with Crippen molar-refractivity contribution in [3.63, 3.8) is 0 Å². The van der Waals surface area contributed by atoms with Gasteiger partial charge in [-0.1, -0.05) is 22.8 Å². The summed E-state index contributed by atoms with van der Waals surface area (Å²) in [6.07, 6.45) is 1.62. The average Bonchev–Trinajstić information content (AvgIpc) is 3.26. The Morgan fingerprint density at radius 1 is 1.42 bits per heavy atom. The van der Waals surface area contributed by atoms with Crippen LogP contribution in [-0.4, -0.2) is 22.1 Å². The van der Waals surface area contributed by atoms with Gasteiger partial charge in [-0.15, -0.1) is 0 Å². The number of carbonyl (C=O) groups excluding carboxylic acids is 1. The maximum Gasteiger partial charge on any atom is 0.305 e. The van der Waals surface area contributed by atoms with Crippen molar-refractivity contribution in [2.75, 3.05) is 0 Å². The minimum absolute atomic E-state index is 0.00160. The Morgan fingerprint density at radius 2 is 2.17 bits per heavy atom. The lowest BCUT2D eigenvalue weighted by molar-refractivity contribution is -0.137. The lowest BCUT2D eigenvalue weighted by atomic mass is 10.0. The van der Waals surface area contributed by atoms with E-state index in [1.165, 1.54) is 12.1 Å². The van der Waals surface area contributed by atoms with Crippen LogP contribution in [0.1, 0.15) is 53.0 Å². The highest BCUT2D eigenvalue weighted by atomic mass is 35.5. The number of nitrogens with zero attached hydrogens (tertiary/aromatic N) is 1. The van der Waals surface area contributed by atoms with Crippen LogP contribution >= 0.6 is 11.6 Å². The number of nitrogens with one attached hydrogen (secondary N) is 1. The Kier molecular flexibility index (Phi) is 4.53. The molecule has 126 valence electrons. The summed E-state index contributed by atoms with van der Waals surface area (Å²) in [5.41, 5.74) is 1.02. The van der Waals surface area contributed by atoms with Crippen molar-refractivity contribution >= 4 is 23.5 Å². The average molecular weight is 353 g/mol. The van der Waals surface area contributed by atoms with Gasteiger partial charge in [-0.2, -0.15) is 0 Å². The van der Waals surface area contributed by atoms with Crippen molar-refractivity contribution in [3.8, 4) is 0 Å². The first-order valence-corrected chi connectivity index (χ1v) is 7.76. The van der Waals surface area contributed by atoms with E-state index in [9.17, 15) is 14.0 Å². The summed E-state index contributed by atoms with van der Waals surface area (Å²) in [6.45, 7) is 0. The van der Waals surface area contributed by atoms with Gasteiger partial charge in [-0.05, 0) is 30.5 Å². The summed E-state index contributed by atoms with van der Waals surface area (Å²) >= 11 is 5.63. The van der Waals surface area contributed by atoms with E-state index in [0.29, 0.717) is 17.2 Å². The van der Waals surface area contributed by atoms with Crippen molar-refractivity contribution in [3.05, 3.63) is 52.1 Å². The van der Waals surface area contributed by atoms with Crippen LogP contribution in [0.25, 0.3) is 0 Å². The molecule has 6 nitrogen and oxygen atoms in total. The van der Waals surface area contributed by atoms with E-state index in [-0.39, 0.29) is 10.8 Å². The van der Waals surface area contributed by atoms with Gasteiger partial charge in [-0.25, -0.2) is 4.39 Å². The molecule has 0 radical (unpaired) electrons. The lowest BCUT2D eigenvalue weighted by Crippen LogP contribution is -2.30. The molecule has 8 heteroatoms. The van der Waals surface area contributed by atoms with Gasteiger partial charge in [0, 0.05) is 12.0 Å². The third kappa shape index (κ3) is 3.73. The normalized spacial score (nSPS) is 15.1. The number of hydrogen-bond acceptors (Lipinski definition) is 4. The number of halogens is 2. The molecule has 0 bridgehead atoms. The van der Waals surface area contributed by atoms with Crippen molar-refractivity contribution in [2.45, 2.75) is 31.2 Å². The number of benzene rings is 1. The molecule has 0 aliphatic heterocycles. The second-order valence-corrected chi connectivity index (χ2v) is 6.09. The first-order chi connectivity index (χ1) is 11.4. The second kappa shape index (κ2) is 6.60. The molecule has 1 aliphatic rings. The minimum atomic E-state index is -1.13. The van der Waals surface area contributed by atoms with Gasteiger partial charge in [0.2, 0.25) is 5.76 Å². The van der Waals surface area contributed by atoms with E-state index < -0.39 is 30.2 Å². The number of aromatic nitrogens is 1. The first kappa shape index (κ1) is 16.4. The summed E-state index contributed by atoms with van der Waals surface area (Å²) in [6, 6.07) is 4.51. The molecule has 2 aromatic rings. The number of aliphatic carboxylic acids is 1. The molecule has 1 amide bonds. The van der Waals surface area contributed by atoms with E-state index in [0.717, 1.165) is 18.9 Å². The third-order valence-corrected chi connectivity index (χ3v) is 4.08. The van der Waals surface area contributed by atoms with E-state index in [2.05, 4.69) is 10.5 Å². The fourth-order valence-corrected chi connectivity index (χ4v) is 2.47. The highest BCUT2D eigenvalue weighted by Gasteiger charge is 2.29. The van der Waals surface area contributed by atoms with Crippen LogP contribution in [0.15, 0.2) is 28.8 Å². The summed E-state index contributed by atoms with van der Waals surface area (Å²) in [5.74, 6) is -2.09. The number of carboxylic acids is 1. The maximum atomic E-state index is 13.6. The van der Waals surface area contributed by atoms with Crippen molar-refractivity contribution in [2.24, 2.45) is 0 Å². The van der Waals surface area contributed by atoms with Crippen molar-refractivity contribution in [1.82, 2.24) is 10.5 Å². The molecule has 1 aromatic heterocycles. The summed E-state index contributed by atoms with van der Waals surface area (Å²) in [4.78, 5) is 23.3. The molecule has 1 heterocycles. The Hall–Kier alpha value is -2.41. The molecule has 3 rings (SSSR count). The third-order valence-electron chi connectivity index (χ3n) is 3.78. The molecule has 1 fully saturated rings. The zero-order chi connectivity index (χ0) is 17.3. The van der Waals surface area contributed by atoms with Crippen LogP contribution in [0, 0.1) is 5.82 Å². The van der Waals surface area contributed by atoms with E-state index >= 15 is 0 Å². The standard InChI is InChI=1S/C16H14ClFN2O4/c17-10-4-3-9(5-11(10)18)12(7-15(21)22)19-16(23)14-6-13(20-24-14)8-1-2-8/h3-6,8,12H,1-2,7H2,(H,19,23)(H,21,22). The molecule has 2 N–H and O–H groups in total. The van der Waals surface area contributed by atoms with E-state index in [4.69, 9.17) is 21.2 Å². The molecule has 1 aliphatic carbocycles. The second-order valence-electron chi connectivity index (χ2n) is 5.69. The number of carboxylic acid groups (broad SMARTS) is 1. The summed E-state index contributed by atoms with van der Waals surface area (Å²) < 4.78 is 18.6. The van der Waals surface area contributed by atoms with Crippen LogP contribution < -0.4 is 5.32 Å². The SMILES string of the molecule is O=C(O)CC(NC(=O)c1cc(C2CC2)no1)c1ccc(Cl)c(F)c1. The molecule has 1 unspecified atom stereocenters. The largest absolute Gasteiger partial charge is 0.481 e. The number of carbonyl (C=O) groups is 2. The van der Waals surface area contributed by atoms with Gasteiger partial charge in [0.05, 0.1) is 23.2 Å². The van der Waals surface area contributed by atoms with Crippen molar-refractivity contribution in [1.29, 1.82) is 0 Å². The zero-order valence-electron chi connectivity index (χ0n) is 12.5. The van der Waals surface area contributed by atoms with Crippen LogP contribution in [-0.2, 0) is 4.79 Å². The molecule has 1 atom stereocenters. The highest BCUT2D eigenvalue weighted by Crippen LogP contribution is 2.39. The zero-order valence-corrected chi connectivity index (χ0v) is 13.2. The number of hydrogen-bond donors (Lipinski definition) is 2. The minimum Gasteiger partial charge on any atom is -0.481 e. The van der Waals surface area contributed by atoms with E-state index in [1.807, 2.05) is 0 Å². The van der Waals surface area contributed by atoms with Gasteiger partial charge in [-0.3, -0.25) is 9.59 Å². The highest BCUT2D eigenvalue weighted by molar-refractivity contribution is 6.30. The van der Waals surface area contributed by atoms with Crippen LogP contribution in [0.2, 0.25) is 5.02 Å². The van der Waals surface area contributed by atoms with Gasteiger partial charge >= 0.3 is 5.97 Å². The van der Waals surface area contributed by atoms with Gasteiger partial charge in [0.25, 0.3) is 5.91 Å². The first-order valence-electron chi connectivity index (χ1n) is 7.38. The van der Waals surface area contributed by atoms with Gasteiger partial charge in [0.15, 0.2) is 0 Å². The number of amides is 1. The van der Waals surface area contributed by atoms with Crippen LogP contribution in [0.5, 0.6) is 0 Å². The number of rotatable bonds is 6. The molecular weight excluding hydrogens is 339 g/mol. The topological polar surface area (TPSA) is 92.4 Å². The fraction of sp³-hybridized carbons (Fsp3) is 0.312. The quantitative estimate of drug-likeness (QED) is 0.832. The molecule has 1 saturated carbocycles. The van der Waals surface area contributed by atoms with Crippen LogP contribution in [0.3, 0.4) is 0 Å². The van der Waals surface area contributed by atoms with Gasteiger partial charge < -0.3 is 14.9 Å². The molecule has 0 spiro atoms. The lowest BCUT2D eigenvalue weighted by Gasteiger charge is -2.16. The molecular formula is C16H14ClFN2O4. The van der Waals surface area contributed by atoms with Gasteiger partial charge in [0.1, 0.15) is 5.82 Å². The smallest absolute Gasteiger partial charge is 0.305 e. The Balaban J connectivity index is 1.78.